The highest BCUT2D eigenvalue weighted by Gasteiger charge is 2.31. The Morgan fingerprint density at radius 2 is 1.34 bits per heavy atom. The molecule has 0 spiro atoms. The minimum Gasteiger partial charge on any atom is -0.465 e. The van der Waals surface area contributed by atoms with Crippen LogP contribution in [0.5, 0.6) is 0 Å². The first-order valence-electron chi connectivity index (χ1n) is 9.40. The Kier molecular flexibility index (Phi) is 6.65. The van der Waals surface area contributed by atoms with Gasteiger partial charge in [-0.1, -0.05) is 0 Å². The molecular formula is C19H24N4O6. The van der Waals surface area contributed by atoms with Crippen LogP contribution in [0.15, 0.2) is 24.3 Å². The SMILES string of the molecule is COC(=O)c1ccc(NC(=O)N2CCN(C(=O)C(=O)N3CCOCC3)CC2)cc1. The fourth-order valence-electron chi connectivity index (χ4n) is 3.16. The highest BCUT2D eigenvalue weighted by atomic mass is 16.5. The van der Waals surface area contributed by atoms with Crippen molar-refractivity contribution in [2.45, 2.75) is 0 Å². The van der Waals surface area contributed by atoms with Crippen molar-refractivity contribution in [2.75, 3.05) is 64.9 Å². The third-order valence-corrected chi connectivity index (χ3v) is 4.89. The third-order valence-electron chi connectivity index (χ3n) is 4.89. The van der Waals surface area contributed by atoms with Gasteiger partial charge >= 0.3 is 23.8 Å². The second-order valence-electron chi connectivity index (χ2n) is 6.68. The summed E-state index contributed by atoms with van der Waals surface area (Å²) in [7, 11) is 1.30. The van der Waals surface area contributed by atoms with E-state index >= 15 is 0 Å². The molecule has 1 N–H and O–H groups in total. The van der Waals surface area contributed by atoms with Gasteiger partial charge in [0.05, 0.1) is 25.9 Å². The number of ether oxygens (including phenoxy) is 2. The lowest BCUT2D eigenvalue weighted by molar-refractivity contribution is -0.154. The number of morpholine rings is 1. The van der Waals surface area contributed by atoms with Crippen molar-refractivity contribution in [1.82, 2.24) is 14.7 Å². The number of carbonyl (C=O) groups is 4. The van der Waals surface area contributed by atoms with Crippen LogP contribution in [0.1, 0.15) is 10.4 Å². The average molecular weight is 404 g/mol. The number of methoxy groups -OCH3 is 1. The first kappa shape index (κ1) is 20.6. The van der Waals surface area contributed by atoms with Crippen LogP contribution in [0.4, 0.5) is 10.5 Å². The topological polar surface area (TPSA) is 108 Å². The second kappa shape index (κ2) is 9.37. The standard InChI is InChI=1S/C19H24N4O6/c1-28-18(26)14-2-4-15(5-3-14)20-19(27)23-8-6-21(7-9-23)16(24)17(25)22-10-12-29-13-11-22/h2-5H,6-13H2,1H3,(H,20,27). The van der Waals surface area contributed by atoms with Crippen LogP contribution in [0, 0.1) is 0 Å². The quantitative estimate of drug-likeness (QED) is 0.549. The van der Waals surface area contributed by atoms with Gasteiger partial charge in [-0.15, -0.1) is 0 Å². The lowest BCUT2D eigenvalue weighted by atomic mass is 10.2. The number of esters is 1. The van der Waals surface area contributed by atoms with E-state index in [0.29, 0.717) is 63.7 Å². The van der Waals surface area contributed by atoms with Crippen LogP contribution in [-0.2, 0) is 19.1 Å². The Hall–Kier alpha value is -3.14. The first-order chi connectivity index (χ1) is 14.0. The van der Waals surface area contributed by atoms with Crippen molar-refractivity contribution in [3.63, 3.8) is 0 Å². The number of amides is 4. The van der Waals surface area contributed by atoms with Gasteiger partial charge in [0.25, 0.3) is 0 Å². The number of rotatable bonds is 2. The maximum atomic E-state index is 12.4. The van der Waals surface area contributed by atoms with Gasteiger partial charge in [0.2, 0.25) is 0 Å². The zero-order valence-corrected chi connectivity index (χ0v) is 16.3. The summed E-state index contributed by atoms with van der Waals surface area (Å²) < 4.78 is 9.83. The van der Waals surface area contributed by atoms with E-state index in [9.17, 15) is 19.2 Å². The number of hydrogen-bond acceptors (Lipinski definition) is 6. The van der Waals surface area contributed by atoms with Gasteiger partial charge in [-0.2, -0.15) is 0 Å². The first-order valence-corrected chi connectivity index (χ1v) is 9.40. The Balaban J connectivity index is 1.48. The van der Waals surface area contributed by atoms with Crippen molar-refractivity contribution in [2.24, 2.45) is 0 Å². The molecule has 4 amide bonds. The molecular weight excluding hydrogens is 380 g/mol. The van der Waals surface area contributed by atoms with Gasteiger partial charge in [0, 0.05) is 45.0 Å². The number of urea groups is 1. The molecule has 2 heterocycles. The summed E-state index contributed by atoms with van der Waals surface area (Å²) in [6.45, 7) is 2.96. The molecule has 10 nitrogen and oxygen atoms in total. The van der Waals surface area contributed by atoms with E-state index in [-0.39, 0.29) is 6.03 Å². The van der Waals surface area contributed by atoms with E-state index in [0.717, 1.165) is 0 Å². The van der Waals surface area contributed by atoms with E-state index in [2.05, 4.69) is 10.1 Å². The molecule has 1 aromatic rings. The molecule has 2 aliphatic rings. The van der Waals surface area contributed by atoms with Crippen LogP contribution >= 0.6 is 0 Å². The predicted octanol–water partition coefficient (Wildman–Crippen LogP) is 0.00810. The summed E-state index contributed by atoms with van der Waals surface area (Å²) in [4.78, 5) is 53.2. The largest absolute Gasteiger partial charge is 0.465 e. The Morgan fingerprint density at radius 3 is 1.90 bits per heavy atom. The summed E-state index contributed by atoms with van der Waals surface area (Å²) >= 11 is 0. The summed E-state index contributed by atoms with van der Waals surface area (Å²) in [6, 6.07) is 6.06. The van der Waals surface area contributed by atoms with E-state index in [1.165, 1.54) is 16.9 Å². The normalized spacial score (nSPS) is 16.9. The molecule has 3 rings (SSSR count). The Bertz CT molecular complexity index is 767. The van der Waals surface area contributed by atoms with Crippen LogP contribution in [0.2, 0.25) is 0 Å². The smallest absolute Gasteiger partial charge is 0.337 e. The molecule has 0 radical (unpaired) electrons. The minimum absolute atomic E-state index is 0.295. The molecule has 1 aromatic carbocycles. The van der Waals surface area contributed by atoms with Gasteiger partial charge in [0.15, 0.2) is 0 Å². The van der Waals surface area contributed by atoms with E-state index in [4.69, 9.17) is 4.74 Å². The molecule has 10 heteroatoms. The lowest BCUT2D eigenvalue weighted by Crippen LogP contribution is -2.56. The van der Waals surface area contributed by atoms with Crippen molar-refractivity contribution < 1.29 is 28.7 Å². The Labute approximate surface area is 168 Å². The number of piperazine rings is 1. The molecule has 2 aliphatic heterocycles. The van der Waals surface area contributed by atoms with Crippen LogP contribution in [-0.4, -0.2) is 98.1 Å². The van der Waals surface area contributed by atoms with E-state index in [1.54, 1.807) is 29.2 Å². The predicted molar refractivity (Wildman–Crippen MR) is 102 cm³/mol. The second-order valence-corrected chi connectivity index (χ2v) is 6.68. The van der Waals surface area contributed by atoms with Gasteiger partial charge in [-0.25, -0.2) is 9.59 Å². The number of anilines is 1. The molecule has 0 aliphatic carbocycles. The fourth-order valence-corrected chi connectivity index (χ4v) is 3.16. The van der Waals surface area contributed by atoms with Crippen molar-refractivity contribution in [3.05, 3.63) is 29.8 Å². The fraction of sp³-hybridized carbons (Fsp3) is 0.474. The zero-order valence-electron chi connectivity index (χ0n) is 16.3. The van der Waals surface area contributed by atoms with Crippen molar-refractivity contribution >= 4 is 29.5 Å². The lowest BCUT2D eigenvalue weighted by Gasteiger charge is -2.35. The number of benzene rings is 1. The monoisotopic (exact) mass is 404 g/mol. The van der Waals surface area contributed by atoms with Crippen molar-refractivity contribution in [3.8, 4) is 0 Å². The molecule has 0 bridgehead atoms. The van der Waals surface area contributed by atoms with E-state index in [1.807, 2.05) is 0 Å². The highest BCUT2D eigenvalue weighted by Crippen LogP contribution is 2.13. The number of nitrogens with one attached hydrogen (secondary N) is 1. The minimum atomic E-state index is -0.537. The van der Waals surface area contributed by atoms with Crippen LogP contribution in [0.3, 0.4) is 0 Å². The zero-order chi connectivity index (χ0) is 20.8. The Morgan fingerprint density at radius 1 is 0.828 bits per heavy atom. The van der Waals surface area contributed by atoms with Crippen molar-refractivity contribution in [1.29, 1.82) is 0 Å². The molecule has 0 atom stereocenters. The van der Waals surface area contributed by atoms with Gasteiger partial charge in [-0.3, -0.25) is 9.59 Å². The summed E-state index contributed by atoms with van der Waals surface area (Å²) in [5, 5.41) is 2.76. The van der Waals surface area contributed by atoms with Crippen LogP contribution in [0.25, 0.3) is 0 Å². The molecule has 2 fully saturated rings. The summed E-state index contributed by atoms with van der Waals surface area (Å²) in [5.74, 6) is -1.50. The molecule has 0 unspecified atom stereocenters. The molecule has 2 saturated heterocycles. The number of carbonyl (C=O) groups excluding carboxylic acids is 4. The summed E-state index contributed by atoms with van der Waals surface area (Å²) in [5.41, 5.74) is 0.936. The van der Waals surface area contributed by atoms with Crippen LogP contribution < -0.4 is 5.32 Å². The average Bonchev–Trinajstić information content (AvgIpc) is 2.78. The third kappa shape index (κ3) is 5.02. The van der Waals surface area contributed by atoms with Gasteiger partial charge in [-0.05, 0) is 24.3 Å². The number of hydrogen-bond donors (Lipinski definition) is 1. The maximum absolute atomic E-state index is 12.4. The molecule has 0 saturated carbocycles. The van der Waals surface area contributed by atoms with E-state index < -0.39 is 17.8 Å². The van der Waals surface area contributed by atoms with Gasteiger partial charge < -0.3 is 29.5 Å². The molecule has 29 heavy (non-hydrogen) atoms. The number of nitrogens with zero attached hydrogens (tertiary/aromatic N) is 3. The summed E-state index contributed by atoms with van der Waals surface area (Å²) in [6.07, 6.45) is 0. The maximum Gasteiger partial charge on any atom is 0.337 e. The molecule has 156 valence electrons. The highest BCUT2D eigenvalue weighted by molar-refractivity contribution is 6.34. The van der Waals surface area contributed by atoms with Gasteiger partial charge in [0.1, 0.15) is 0 Å². The molecule has 0 aromatic heterocycles.